The topological polar surface area (TPSA) is 63.2 Å². The monoisotopic (exact) mass is 456 g/mol. The van der Waals surface area contributed by atoms with Crippen molar-refractivity contribution < 1.29 is 28.5 Å². The molecule has 7 heteroatoms. The van der Waals surface area contributed by atoms with Crippen molar-refractivity contribution >= 4 is 28.6 Å². The van der Waals surface area contributed by atoms with Gasteiger partial charge in [0.15, 0.2) is 29.1 Å². The van der Waals surface area contributed by atoms with Crippen LogP contribution in [0.3, 0.4) is 0 Å². The Morgan fingerprint density at radius 3 is 2.08 bits per heavy atom. The Labute approximate surface area is 159 Å². The summed E-state index contributed by atoms with van der Waals surface area (Å²) in [7, 11) is 6.24. The number of benzene rings is 2. The summed E-state index contributed by atoms with van der Waals surface area (Å²) in [5, 5.41) is 0. The molecule has 6 nitrogen and oxygen atoms in total. The molecule has 0 amide bonds. The van der Waals surface area contributed by atoms with E-state index in [1.807, 2.05) is 6.07 Å². The highest BCUT2D eigenvalue weighted by Gasteiger charge is 2.38. The van der Waals surface area contributed by atoms with Gasteiger partial charge in [-0.25, -0.2) is 4.79 Å². The maximum atomic E-state index is 12.3. The third kappa shape index (κ3) is 2.76. The molecule has 0 N–H and O–H groups in total. The van der Waals surface area contributed by atoms with Crippen LogP contribution in [0.15, 0.2) is 24.3 Å². The number of esters is 1. The van der Waals surface area contributed by atoms with E-state index in [1.54, 1.807) is 39.5 Å². The molecular formula is C18H17IO6. The first-order valence-electron chi connectivity index (χ1n) is 7.43. The lowest BCUT2D eigenvalue weighted by Gasteiger charge is -2.19. The second kappa shape index (κ2) is 6.99. The number of carbonyl (C=O) groups excluding carboxylic acids is 1. The molecule has 0 saturated heterocycles. The zero-order valence-electron chi connectivity index (χ0n) is 14.2. The van der Waals surface area contributed by atoms with Gasteiger partial charge in [-0.15, -0.1) is 0 Å². The minimum atomic E-state index is -0.612. The number of cyclic esters (lactones) is 1. The molecule has 0 aliphatic carbocycles. The van der Waals surface area contributed by atoms with E-state index in [0.29, 0.717) is 34.1 Å². The average molecular weight is 456 g/mol. The van der Waals surface area contributed by atoms with Crippen molar-refractivity contribution in [2.45, 2.75) is 6.10 Å². The Kier molecular flexibility index (Phi) is 4.94. The van der Waals surface area contributed by atoms with Crippen molar-refractivity contribution in [2.24, 2.45) is 0 Å². The largest absolute Gasteiger partial charge is 0.493 e. The molecule has 2 aromatic rings. The summed E-state index contributed by atoms with van der Waals surface area (Å²) in [5.74, 6) is 1.83. The van der Waals surface area contributed by atoms with E-state index in [9.17, 15) is 4.79 Å². The van der Waals surface area contributed by atoms with Gasteiger partial charge in [-0.3, -0.25) is 0 Å². The lowest BCUT2D eigenvalue weighted by Crippen LogP contribution is -2.06. The number of hydrogen-bond donors (Lipinski definition) is 0. The zero-order chi connectivity index (χ0) is 18.1. The van der Waals surface area contributed by atoms with Crippen LogP contribution >= 0.6 is 22.6 Å². The number of methoxy groups -OCH3 is 4. The van der Waals surface area contributed by atoms with Crippen LogP contribution in [-0.2, 0) is 4.74 Å². The van der Waals surface area contributed by atoms with E-state index in [4.69, 9.17) is 23.7 Å². The van der Waals surface area contributed by atoms with Crippen LogP contribution < -0.4 is 18.9 Å². The second-order valence-corrected chi connectivity index (χ2v) is 6.33. The number of fused-ring (bicyclic) bond motifs is 1. The molecule has 2 aromatic carbocycles. The van der Waals surface area contributed by atoms with Gasteiger partial charge >= 0.3 is 5.97 Å². The molecule has 3 rings (SSSR count). The van der Waals surface area contributed by atoms with Gasteiger partial charge in [0.25, 0.3) is 0 Å². The maximum Gasteiger partial charge on any atom is 0.339 e. The van der Waals surface area contributed by atoms with Crippen molar-refractivity contribution in [3.63, 3.8) is 0 Å². The van der Waals surface area contributed by atoms with Crippen LogP contribution in [0.4, 0.5) is 0 Å². The number of ether oxygens (including phenoxy) is 5. The van der Waals surface area contributed by atoms with Gasteiger partial charge in [-0.05, 0) is 46.9 Å². The minimum absolute atomic E-state index is 0.397. The van der Waals surface area contributed by atoms with E-state index in [0.717, 1.165) is 9.13 Å². The molecule has 25 heavy (non-hydrogen) atoms. The predicted octanol–water partition coefficient (Wildman–Crippen LogP) is 3.59. The molecule has 0 radical (unpaired) electrons. The van der Waals surface area contributed by atoms with Gasteiger partial charge in [-0.1, -0.05) is 0 Å². The molecule has 1 aliphatic heterocycles. The lowest BCUT2D eigenvalue weighted by atomic mass is 9.97. The fourth-order valence-electron chi connectivity index (χ4n) is 2.94. The van der Waals surface area contributed by atoms with Crippen LogP contribution in [0.25, 0.3) is 0 Å². The van der Waals surface area contributed by atoms with Crippen molar-refractivity contribution in [2.75, 3.05) is 28.4 Å². The fourth-order valence-corrected chi connectivity index (χ4v) is 3.89. The number of rotatable bonds is 5. The first-order chi connectivity index (χ1) is 12.1. The molecule has 1 atom stereocenters. The Morgan fingerprint density at radius 1 is 0.880 bits per heavy atom. The van der Waals surface area contributed by atoms with E-state index < -0.39 is 12.1 Å². The standard InChI is InChI=1S/C18H17IO6/c1-21-11-7-5-9-13(16(11)23-3)15(25-18(9)20)10-6-8-12(22-2)17(24-4)14(10)19/h5-8,15H,1-4H3/t15-/m0/s1. The molecule has 0 aromatic heterocycles. The maximum absolute atomic E-state index is 12.3. The highest BCUT2D eigenvalue weighted by atomic mass is 127. The summed E-state index contributed by atoms with van der Waals surface area (Å²) in [6, 6.07) is 7.03. The third-order valence-electron chi connectivity index (χ3n) is 4.09. The Morgan fingerprint density at radius 2 is 1.48 bits per heavy atom. The summed E-state index contributed by atoms with van der Waals surface area (Å²) in [6.07, 6.45) is -0.612. The summed E-state index contributed by atoms with van der Waals surface area (Å²) in [6.45, 7) is 0. The molecule has 1 aliphatic rings. The Hall–Kier alpha value is -2.16. The first kappa shape index (κ1) is 17.7. The molecule has 0 unspecified atom stereocenters. The van der Waals surface area contributed by atoms with Crippen LogP contribution in [0.1, 0.15) is 27.6 Å². The third-order valence-corrected chi connectivity index (χ3v) is 5.20. The predicted molar refractivity (Wildman–Crippen MR) is 99.1 cm³/mol. The van der Waals surface area contributed by atoms with Gasteiger partial charge < -0.3 is 23.7 Å². The Bertz CT molecular complexity index is 833. The van der Waals surface area contributed by atoms with Crippen molar-refractivity contribution in [3.05, 3.63) is 44.5 Å². The van der Waals surface area contributed by atoms with E-state index in [1.165, 1.54) is 7.11 Å². The normalized spacial score (nSPS) is 15.4. The Balaban J connectivity index is 2.22. The quantitative estimate of drug-likeness (QED) is 0.507. The minimum Gasteiger partial charge on any atom is -0.493 e. The first-order valence-corrected chi connectivity index (χ1v) is 8.51. The number of hydrogen-bond acceptors (Lipinski definition) is 6. The average Bonchev–Trinajstić information content (AvgIpc) is 2.97. The van der Waals surface area contributed by atoms with Crippen LogP contribution in [0.5, 0.6) is 23.0 Å². The van der Waals surface area contributed by atoms with E-state index in [2.05, 4.69) is 22.6 Å². The van der Waals surface area contributed by atoms with Gasteiger partial charge in [-0.2, -0.15) is 0 Å². The second-order valence-electron chi connectivity index (χ2n) is 5.25. The van der Waals surface area contributed by atoms with Crippen molar-refractivity contribution in [3.8, 4) is 23.0 Å². The number of carbonyl (C=O) groups is 1. The summed E-state index contributed by atoms with van der Waals surface area (Å²) >= 11 is 2.16. The molecule has 1 heterocycles. The molecule has 0 spiro atoms. The number of halogens is 1. The van der Waals surface area contributed by atoms with Gasteiger partial charge in [0.2, 0.25) is 0 Å². The fraction of sp³-hybridized carbons (Fsp3) is 0.278. The molecule has 0 fully saturated rings. The highest BCUT2D eigenvalue weighted by Crippen LogP contribution is 2.48. The summed E-state index contributed by atoms with van der Waals surface area (Å²) in [4.78, 5) is 12.3. The van der Waals surface area contributed by atoms with Crippen LogP contribution in [0, 0.1) is 3.57 Å². The SMILES string of the molecule is COc1ccc([C@@H]2OC(=O)c3ccc(OC)c(OC)c32)c(I)c1OC. The lowest BCUT2D eigenvalue weighted by molar-refractivity contribution is 0.0452. The van der Waals surface area contributed by atoms with Gasteiger partial charge in [0, 0.05) is 5.56 Å². The van der Waals surface area contributed by atoms with Crippen molar-refractivity contribution in [1.29, 1.82) is 0 Å². The van der Waals surface area contributed by atoms with Gasteiger partial charge in [0.05, 0.1) is 43.1 Å². The van der Waals surface area contributed by atoms with Crippen molar-refractivity contribution in [1.82, 2.24) is 0 Å². The molecule has 132 valence electrons. The smallest absolute Gasteiger partial charge is 0.339 e. The van der Waals surface area contributed by atoms with E-state index in [-0.39, 0.29) is 0 Å². The summed E-state index contributed by atoms with van der Waals surface area (Å²) < 4.78 is 28.1. The molecule has 0 bridgehead atoms. The van der Waals surface area contributed by atoms with Crippen LogP contribution in [0.2, 0.25) is 0 Å². The summed E-state index contributed by atoms with van der Waals surface area (Å²) in [5.41, 5.74) is 1.90. The molecular weight excluding hydrogens is 439 g/mol. The zero-order valence-corrected chi connectivity index (χ0v) is 16.4. The highest BCUT2D eigenvalue weighted by molar-refractivity contribution is 14.1. The van der Waals surface area contributed by atoms with Crippen LogP contribution in [-0.4, -0.2) is 34.4 Å². The molecule has 0 saturated carbocycles. The van der Waals surface area contributed by atoms with Gasteiger partial charge in [0.1, 0.15) is 0 Å². The van der Waals surface area contributed by atoms with E-state index >= 15 is 0 Å².